The number of nitrogens with zero attached hydrogens (tertiary/aromatic N) is 4. The highest BCUT2D eigenvalue weighted by Gasteiger charge is 2.40. The zero-order valence-electron chi connectivity index (χ0n) is 18.9. The third-order valence-corrected chi connectivity index (χ3v) is 8.97. The highest BCUT2D eigenvalue weighted by atomic mass is 32.1. The SMILES string of the molecule is C[Si](C)(C)CCOCn1cc(-c2ccsn2)c2c(N3CCC4(CCCN4)C3)ccnc21. The molecule has 2 fully saturated rings. The molecular weight excluding hydrogens is 422 g/mol. The molecule has 2 aliphatic rings. The second kappa shape index (κ2) is 8.31. The van der Waals surface area contributed by atoms with Crippen molar-refractivity contribution in [3.63, 3.8) is 0 Å². The van der Waals surface area contributed by atoms with Crippen molar-refractivity contribution in [1.29, 1.82) is 0 Å². The second-order valence-electron chi connectivity index (χ2n) is 10.3. The van der Waals surface area contributed by atoms with Crippen molar-refractivity contribution >= 4 is 36.3 Å². The Bertz CT molecular complexity index is 1040. The third kappa shape index (κ3) is 4.31. The number of rotatable bonds is 7. The van der Waals surface area contributed by atoms with Gasteiger partial charge in [0.1, 0.15) is 12.4 Å². The van der Waals surface area contributed by atoms with Gasteiger partial charge in [-0.05, 0) is 55.5 Å². The minimum atomic E-state index is -1.10. The highest BCUT2D eigenvalue weighted by Crippen LogP contribution is 2.40. The van der Waals surface area contributed by atoms with E-state index in [2.05, 4.69) is 57.1 Å². The van der Waals surface area contributed by atoms with Crippen molar-refractivity contribution in [3.05, 3.63) is 29.9 Å². The molecule has 2 aliphatic heterocycles. The average Bonchev–Trinajstić information content (AvgIpc) is 3.53. The van der Waals surface area contributed by atoms with Gasteiger partial charge < -0.3 is 19.5 Å². The van der Waals surface area contributed by atoms with E-state index in [1.165, 1.54) is 47.9 Å². The second-order valence-corrected chi connectivity index (χ2v) is 16.5. The normalized spacial score (nSPS) is 21.7. The topological polar surface area (TPSA) is 55.2 Å². The number of aromatic nitrogens is 3. The Kier molecular flexibility index (Phi) is 5.66. The molecule has 3 aromatic heterocycles. The lowest BCUT2D eigenvalue weighted by Gasteiger charge is -2.26. The van der Waals surface area contributed by atoms with E-state index in [0.717, 1.165) is 43.1 Å². The molecule has 0 saturated carbocycles. The van der Waals surface area contributed by atoms with Gasteiger partial charge in [0.25, 0.3) is 0 Å². The summed E-state index contributed by atoms with van der Waals surface area (Å²) in [5.41, 5.74) is 4.75. The van der Waals surface area contributed by atoms with Gasteiger partial charge >= 0.3 is 0 Å². The average molecular weight is 456 g/mol. The molecule has 0 aromatic carbocycles. The summed E-state index contributed by atoms with van der Waals surface area (Å²) in [5, 5.41) is 7.04. The zero-order valence-corrected chi connectivity index (χ0v) is 20.7. The van der Waals surface area contributed by atoms with E-state index in [4.69, 9.17) is 9.72 Å². The van der Waals surface area contributed by atoms with Gasteiger partial charge in [-0.1, -0.05) is 19.6 Å². The number of ether oxygens (including phenoxy) is 1. The molecule has 1 spiro atoms. The van der Waals surface area contributed by atoms with Gasteiger partial charge in [0.15, 0.2) is 0 Å². The quantitative estimate of drug-likeness (QED) is 0.409. The molecule has 1 atom stereocenters. The fraction of sp³-hybridized carbons (Fsp3) is 0.565. The summed E-state index contributed by atoms with van der Waals surface area (Å²) >= 11 is 1.50. The van der Waals surface area contributed by atoms with Crippen LogP contribution in [0.5, 0.6) is 0 Å². The van der Waals surface area contributed by atoms with E-state index in [-0.39, 0.29) is 0 Å². The maximum absolute atomic E-state index is 6.09. The van der Waals surface area contributed by atoms with E-state index in [0.29, 0.717) is 12.3 Å². The smallest absolute Gasteiger partial charge is 0.144 e. The number of pyridine rings is 1. The summed E-state index contributed by atoms with van der Waals surface area (Å²) in [4.78, 5) is 7.34. The Labute approximate surface area is 189 Å². The summed E-state index contributed by atoms with van der Waals surface area (Å²) in [6.07, 6.45) is 7.92. The molecule has 0 amide bonds. The predicted octanol–water partition coefficient (Wildman–Crippen LogP) is 4.80. The van der Waals surface area contributed by atoms with Gasteiger partial charge in [-0.25, -0.2) is 4.98 Å². The standard InChI is InChI=1S/C23H33N5OSSi/c1-31(2,3)14-12-29-17-28-15-18(19-6-13-30-26-19)21-20(5-10-24-22(21)28)27-11-8-23(16-27)7-4-9-25-23/h5-6,10,13,15,25H,4,7-9,11-12,14,16-17H2,1-3H3. The Morgan fingerprint density at radius 3 is 2.90 bits per heavy atom. The van der Waals surface area contributed by atoms with E-state index in [1.807, 2.05) is 11.6 Å². The molecule has 5 heterocycles. The lowest BCUT2D eigenvalue weighted by Crippen LogP contribution is -2.42. The zero-order chi connectivity index (χ0) is 21.5. The van der Waals surface area contributed by atoms with Gasteiger partial charge in [0, 0.05) is 56.6 Å². The minimum absolute atomic E-state index is 0.291. The molecule has 166 valence electrons. The summed E-state index contributed by atoms with van der Waals surface area (Å²) in [7, 11) is -1.10. The van der Waals surface area contributed by atoms with Crippen LogP contribution in [0.1, 0.15) is 19.3 Å². The van der Waals surface area contributed by atoms with Crippen molar-refractivity contribution in [2.75, 3.05) is 31.1 Å². The van der Waals surface area contributed by atoms with Gasteiger partial charge in [0.2, 0.25) is 0 Å². The Hall–Kier alpha value is -1.74. The molecule has 0 bridgehead atoms. The number of fused-ring (bicyclic) bond motifs is 1. The van der Waals surface area contributed by atoms with Crippen molar-refractivity contribution in [3.8, 4) is 11.3 Å². The maximum atomic E-state index is 6.09. The van der Waals surface area contributed by atoms with Crippen LogP contribution in [-0.2, 0) is 11.5 Å². The van der Waals surface area contributed by atoms with Crippen LogP contribution < -0.4 is 10.2 Å². The van der Waals surface area contributed by atoms with Crippen molar-refractivity contribution < 1.29 is 4.74 Å². The van der Waals surface area contributed by atoms with Crippen molar-refractivity contribution in [2.24, 2.45) is 0 Å². The van der Waals surface area contributed by atoms with Crippen molar-refractivity contribution in [2.45, 2.75) is 57.2 Å². The lowest BCUT2D eigenvalue weighted by molar-refractivity contribution is 0.0899. The van der Waals surface area contributed by atoms with Crippen LogP contribution in [0.2, 0.25) is 25.7 Å². The largest absolute Gasteiger partial charge is 0.369 e. The Balaban J connectivity index is 1.48. The maximum Gasteiger partial charge on any atom is 0.144 e. The fourth-order valence-electron chi connectivity index (χ4n) is 4.94. The summed E-state index contributed by atoms with van der Waals surface area (Å²) < 4.78 is 12.9. The van der Waals surface area contributed by atoms with Gasteiger partial charge in [-0.3, -0.25) is 0 Å². The van der Waals surface area contributed by atoms with Crippen molar-refractivity contribution in [1.82, 2.24) is 19.2 Å². The lowest BCUT2D eigenvalue weighted by atomic mass is 9.97. The first-order valence-electron chi connectivity index (χ1n) is 11.4. The first kappa shape index (κ1) is 21.1. The van der Waals surface area contributed by atoms with Crippen LogP contribution in [0.15, 0.2) is 29.9 Å². The Morgan fingerprint density at radius 2 is 2.16 bits per heavy atom. The minimum Gasteiger partial charge on any atom is -0.369 e. The molecule has 2 saturated heterocycles. The van der Waals surface area contributed by atoms with Crippen LogP contribution in [0.3, 0.4) is 0 Å². The molecule has 6 nitrogen and oxygen atoms in total. The predicted molar refractivity (Wildman–Crippen MR) is 132 cm³/mol. The van der Waals surface area contributed by atoms with Crippen LogP contribution in [-0.4, -0.2) is 53.8 Å². The van der Waals surface area contributed by atoms with E-state index >= 15 is 0 Å². The molecule has 0 aliphatic carbocycles. The van der Waals surface area contributed by atoms with Crippen LogP contribution >= 0.6 is 11.5 Å². The fourth-order valence-corrected chi connectivity index (χ4v) is 6.22. The Morgan fingerprint density at radius 1 is 1.26 bits per heavy atom. The monoisotopic (exact) mass is 455 g/mol. The summed E-state index contributed by atoms with van der Waals surface area (Å²) in [5.74, 6) is 0. The first-order valence-corrected chi connectivity index (χ1v) is 15.9. The van der Waals surface area contributed by atoms with Crippen LogP contribution in [0.25, 0.3) is 22.3 Å². The molecule has 0 radical (unpaired) electrons. The highest BCUT2D eigenvalue weighted by molar-refractivity contribution is 7.03. The summed E-state index contributed by atoms with van der Waals surface area (Å²) in [6.45, 7) is 11.8. The van der Waals surface area contributed by atoms with Crippen LogP contribution in [0.4, 0.5) is 5.69 Å². The van der Waals surface area contributed by atoms with E-state index in [9.17, 15) is 0 Å². The van der Waals surface area contributed by atoms with Crippen LogP contribution in [0, 0.1) is 0 Å². The van der Waals surface area contributed by atoms with Gasteiger partial charge in [-0.2, -0.15) is 4.37 Å². The molecule has 31 heavy (non-hydrogen) atoms. The molecule has 5 rings (SSSR count). The van der Waals surface area contributed by atoms with Gasteiger partial charge in [-0.15, -0.1) is 0 Å². The van der Waals surface area contributed by atoms with E-state index in [1.54, 1.807) is 0 Å². The van der Waals surface area contributed by atoms with Gasteiger partial charge in [0.05, 0.1) is 16.8 Å². The molecular formula is C23H33N5OSSi. The molecule has 1 unspecified atom stereocenters. The number of nitrogens with one attached hydrogen (secondary N) is 1. The number of hydrogen-bond donors (Lipinski definition) is 1. The molecule has 8 heteroatoms. The number of anilines is 1. The van der Waals surface area contributed by atoms with E-state index < -0.39 is 8.07 Å². The summed E-state index contributed by atoms with van der Waals surface area (Å²) in [6, 6.07) is 5.46. The molecule has 1 N–H and O–H groups in total. The molecule has 3 aromatic rings. The third-order valence-electron chi connectivity index (χ3n) is 6.70. The first-order chi connectivity index (χ1) is 14.9. The number of hydrogen-bond acceptors (Lipinski definition) is 6.